The van der Waals surface area contributed by atoms with Crippen LogP contribution < -0.4 is 5.12 Å². The van der Waals surface area contributed by atoms with Crippen molar-refractivity contribution in [3.8, 4) is 0 Å². The molecule has 214 valence electrons. The molecule has 1 aliphatic heterocycles. The van der Waals surface area contributed by atoms with Crippen LogP contribution in [0, 0.1) is 25.6 Å². The molecule has 0 atom stereocenters. The molecule has 1 heterocycles. The Bertz CT molecular complexity index is 1680. The summed E-state index contributed by atoms with van der Waals surface area (Å²) in [4.78, 5) is 40.2. The Balaban J connectivity index is 1.77. The van der Waals surface area contributed by atoms with Gasteiger partial charge in [0, 0.05) is 30.5 Å². The van der Waals surface area contributed by atoms with E-state index in [-0.39, 0.29) is 29.4 Å². The van der Waals surface area contributed by atoms with Gasteiger partial charge in [-0.3, -0.25) is 30.0 Å². The summed E-state index contributed by atoms with van der Waals surface area (Å²) >= 11 is 0. The summed E-state index contributed by atoms with van der Waals surface area (Å²) in [6, 6.07) is 29.3. The van der Waals surface area contributed by atoms with Gasteiger partial charge in [-0.15, -0.1) is 0 Å². The zero-order chi connectivity index (χ0) is 30.4. The molecule has 0 N–H and O–H groups in total. The number of hydrogen-bond acceptors (Lipinski definition) is 10. The zero-order valence-electron chi connectivity index (χ0n) is 22.8. The molecular weight excluding hydrogens is 552 g/mol. The number of nitro groups is 2. The van der Waals surface area contributed by atoms with Gasteiger partial charge in [-0.25, -0.2) is 0 Å². The lowest BCUT2D eigenvalue weighted by atomic mass is 9.73. The number of rotatable bonds is 9. The highest BCUT2D eigenvalue weighted by atomic mass is 16.6. The number of hydrazone groups is 2. The molecule has 0 saturated heterocycles. The first-order valence-corrected chi connectivity index (χ1v) is 13.1. The molecule has 0 aliphatic carbocycles. The second-order valence-corrected chi connectivity index (χ2v) is 9.25. The number of carbonyl (C=O) groups excluding carboxylic acids is 1. The number of non-ortho nitro benzene ring substituents is 2. The second-order valence-electron chi connectivity index (χ2n) is 9.25. The Hall–Kier alpha value is -6.04. The fourth-order valence-corrected chi connectivity index (χ4v) is 4.51. The standard InChI is InChI=1S/C31H24N6O6/c1-2-43-30(38)31(21-32-24-13-15-26(16-14-24)36(39)40)28(22-9-5-3-6-10-22)33-35(25-17-19-27(20-18-25)37(41)42)34-29(31)23-11-7-4-8-12-23/h3-21H,2H2,1H3. The maximum absolute atomic E-state index is 14.2. The van der Waals surface area contributed by atoms with E-state index >= 15 is 0 Å². The van der Waals surface area contributed by atoms with Gasteiger partial charge in [0.15, 0.2) is 5.41 Å². The van der Waals surface area contributed by atoms with Crippen LogP contribution in [0.5, 0.6) is 0 Å². The highest BCUT2D eigenvalue weighted by Crippen LogP contribution is 2.36. The number of aliphatic imine (C=N–C) groups is 1. The fraction of sp³-hybridized carbons (Fsp3) is 0.0968. The van der Waals surface area contributed by atoms with Crippen LogP contribution in [0.2, 0.25) is 0 Å². The van der Waals surface area contributed by atoms with Gasteiger partial charge in [0.1, 0.15) is 0 Å². The number of nitro benzene ring substituents is 2. The Morgan fingerprint density at radius 3 is 1.70 bits per heavy atom. The van der Waals surface area contributed by atoms with E-state index < -0.39 is 21.2 Å². The zero-order valence-corrected chi connectivity index (χ0v) is 22.8. The topological polar surface area (TPSA) is 153 Å². The minimum absolute atomic E-state index is 0.0577. The van der Waals surface area contributed by atoms with Gasteiger partial charge in [0.2, 0.25) is 0 Å². The molecule has 0 bridgehead atoms. The van der Waals surface area contributed by atoms with Crippen LogP contribution in [0.4, 0.5) is 22.7 Å². The largest absolute Gasteiger partial charge is 0.465 e. The van der Waals surface area contributed by atoms with E-state index in [1.807, 2.05) is 12.1 Å². The van der Waals surface area contributed by atoms with Crippen LogP contribution in [0.15, 0.2) is 124 Å². The summed E-state index contributed by atoms with van der Waals surface area (Å²) in [5.41, 5.74) is 0.419. The number of anilines is 1. The summed E-state index contributed by atoms with van der Waals surface area (Å²) in [7, 11) is 0. The maximum atomic E-state index is 14.2. The van der Waals surface area contributed by atoms with Crippen LogP contribution in [-0.4, -0.2) is 40.1 Å². The highest BCUT2D eigenvalue weighted by molar-refractivity contribution is 6.43. The maximum Gasteiger partial charge on any atom is 0.330 e. The van der Waals surface area contributed by atoms with Crippen molar-refractivity contribution in [2.45, 2.75) is 6.92 Å². The van der Waals surface area contributed by atoms with Crippen LogP contribution in [-0.2, 0) is 9.53 Å². The molecule has 1 aliphatic rings. The lowest BCUT2D eigenvalue weighted by Crippen LogP contribution is -2.53. The van der Waals surface area contributed by atoms with Crippen LogP contribution in [0.3, 0.4) is 0 Å². The minimum Gasteiger partial charge on any atom is -0.465 e. The monoisotopic (exact) mass is 576 g/mol. The average Bonchev–Trinajstić information content (AvgIpc) is 3.04. The number of hydrogen-bond donors (Lipinski definition) is 0. The van der Waals surface area contributed by atoms with Crippen LogP contribution in [0.25, 0.3) is 0 Å². The third-order valence-electron chi connectivity index (χ3n) is 6.59. The van der Waals surface area contributed by atoms with Crippen molar-refractivity contribution < 1.29 is 19.4 Å². The van der Waals surface area contributed by atoms with Crippen LogP contribution in [0.1, 0.15) is 18.1 Å². The smallest absolute Gasteiger partial charge is 0.330 e. The normalized spacial score (nSPS) is 14.1. The Labute approximate surface area is 245 Å². The first-order chi connectivity index (χ1) is 20.8. The quantitative estimate of drug-likeness (QED) is 0.101. The predicted octanol–water partition coefficient (Wildman–Crippen LogP) is 6.08. The summed E-state index contributed by atoms with van der Waals surface area (Å²) in [6.45, 7) is 1.74. The van der Waals surface area contributed by atoms with E-state index in [0.29, 0.717) is 22.5 Å². The van der Waals surface area contributed by atoms with Crippen molar-refractivity contribution in [3.63, 3.8) is 0 Å². The Kier molecular flexibility index (Phi) is 8.10. The predicted molar refractivity (Wildman–Crippen MR) is 162 cm³/mol. The number of carbonyl (C=O) groups is 1. The molecule has 0 unspecified atom stereocenters. The molecule has 0 radical (unpaired) electrons. The molecule has 12 heteroatoms. The average molecular weight is 577 g/mol. The van der Waals surface area contributed by atoms with Gasteiger partial charge in [0.25, 0.3) is 11.4 Å². The van der Waals surface area contributed by atoms with Gasteiger partial charge in [-0.2, -0.15) is 15.3 Å². The lowest BCUT2D eigenvalue weighted by Gasteiger charge is -2.36. The number of benzene rings is 4. The van der Waals surface area contributed by atoms with E-state index in [1.54, 1.807) is 55.5 Å². The molecule has 5 rings (SSSR count). The van der Waals surface area contributed by atoms with Crippen LogP contribution >= 0.6 is 0 Å². The molecule has 0 saturated carbocycles. The first-order valence-electron chi connectivity index (χ1n) is 13.1. The van der Waals surface area contributed by atoms with E-state index in [9.17, 15) is 25.0 Å². The van der Waals surface area contributed by atoms with Crippen molar-refractivity contribution in [2.75, 3.05) is 11.7 Å². The highest BCUT2D eigenvalue weighted by Gasteiger charge is 2.52. The number of esters is 1. The van der Waals surface area contributed by atoms with Crippen molar-refractivity contribution in [1.29, 1.82) is 0 Å². The van der Waals surface area contributed by atoms with Crippen molar-refractivity contribution in [2.24, 2.45) is 20.6 Å². The van der Waals surface area contributed by atoms with Gasteiger partial charge in [0.05, 0.1) is 39.3 Å². The molecule has 4 aromatic rings. The summed E-state index contributed by atoms with van der Waals surface area (Å²) in [6.07, 6.45) is 1.40. The SMILES string of the molecule is CCOC(=O)C1(C=Nc2ccc([N+](=O)[O-])cc2)C(c2ccccc2)=NN(c2ccc([N+](=O)[O-])cc2)N=C1c1ccccc1. The van der Waals surface area contributed by atoms with Gasteiger partial charge in [-0.1, -0.05) is 60.7 Å². The van der Waals surface area contributed by atoms with E-state index in [0.717, 1.165) is 0 Å². The molecule has 43 heavy (non-hydrogen) atoms. The molecule has 12 nitrogen and oxygen atoms in total. The van der Waals surface area contributed by atoms with E-state index in [1.165, 1.54) is 59.9 Å². The second kappa shape index (κ2) is 12.2. The van der Waals surface area contributed by atoms with Crippen molar-refractivity contribution >= 4 is 46.4 Å². The van der Waals surface area contributed by atoms with Gasteiger partial charge >= 0.3 is 5.97 Å². The third kappa shape index (κ3) is 5.75. The minimum atomic E-state index is -1.77. The number of nitrogens with zero attached hydrogens (tertiary/aromatic N) is 6. The summed E-state index contributed by atoms with van der Waals surface area (Å²) < 4.78 is 5.64. The lowest BCUT2D eigenvalue weighted by molar-refractivity contribution is -0.385. The van der Waals surface area contributed by atoms with E-state index in [2.05, 4.69) is 4.99 Å². The molecule has 0 amide bonds. The van der Waals surface area contributed by atoms with E-state index in [4.69, 9.17) is 14.9 Å². The summed E-state index contributed by atoms with van der Waals surface area (Å²) in [5, 5.41) is 33.3. The fourth-order valence-electron chi connectivity index (χ4n) is 4.51. The molecular formula is C31H24N6O6. The Morgan fingerprint density at radius 2 is 1.26 bits per heavy atom. The summed E-state index contributed by atoms with van der Waals surface area (Å²) in [5.74, 6) is -0.686. The van der Waals surface area contributed by atoms with Crippen molar-refractivity contribution in [3.05, 3.63) is 141 Å². The molecule has 4 aromatic carbocycles. The van der Waals surface area contributed by atoms with Crippen molar-refractivity contribution in [1.82, 2.24) is 0 Å². The first kappa shape index (κ1) is 28.5. The van der Waals surface area contributed by atoms with Gasteiger partial charge < -0.3 is 4.74 Å². The molecule has 0 aromatic heterocycles. The third-order valence-corrected chi connectivity index (χ3v) is 6.59. The number of ether oxygens (including phenoxy) is 1. The Morgan fingerprint density at radius 1 is 0.791 bits per heavy atom. The van der Waals surface area contributed by atoms with Gasteiger partial charge in [-0.05, 0) is 42.3 Å². The molecule has 0 fully saturated rings. The molecule has 0 spiro atoms.